The average Bonchev–Trinajstić information content (AvgIpc) is 2.08. The maximum atomic E-state index is 10.9. The second kappa shape index (κ2) is 3.67. The van der Waals surface area contributed by atoms with Crippen molar-refractivity contribution in [1.82, 2.24) is 14.9 Å². The molecule has 0 radical (unpaired) electrons. The molecule has 0 saturated carbocycles. The largest absolute Gasteiger partial charge is 0.352 e. The van der Waals surface area contributed by atoms with E-state index in [-0.39, 0.29) is 5.95 Å². The Morgan fingerprint density at radius 2 is 2.42 bits per heavy atom. The van der Waals surface area contributed by atoms with Crippen LogP contribution in [-0.2, 0) is 0 Å². The molecule has 0 spiro atoms. The van der Waals surface area contributed by atoms with Crippen molar-refractivity contribution in [2.24, 2.45) is 5.73 Å². The fraction of sp³-hybridized carbons (Fsp3) is 0.400. The smallest absolute Gasteiger partial charge is 0.292 e. The van der Waals surface area contributed by atoms with E-state index in [1.165, 1.54) is 0 Å². The fourth-order valence-corrected chi connectivity index (χ4v) is 0.652. The molecule has 66 valence electrons. The third-order valence-corrected chi connectivity index (χ3v) is 1.21. The number of hydrogen-bond acceptors (Lipinski definition) is 6. The van der Waals surface area contributed by atoms with Gasteiger partial charge in [-0.1, -0.05) is 0 Å². The first-order chi connectivity index (χ1) is 5.75. The van der Waals surface area contributed by atoms with Gasteiger partial charge in [-0.3, -0.25) is 4.79 Å². The molecular formula is C5H10N6O. The van der Waals surface area contributed by atoms with Crippen molar-refractivity contribution in [3.8, 4) is 0 Å². The molecule has 0 fully saturated rings. The van der Waals surface area contributed by atoms with Gasteiger partial charge in [0.25, 0.3) is 5.56 Å². The molecule has 0 aliphatic rings. The van der Waals surface area contributed by atoms with E-state index in [4.69, 9.17) is 11.6 Å². The maximum absolute atomic E-state index is 10.9. The Hall–Kier alpha value is -1.63. The van der Waals surface area contributed by atoms with Crippen LogP contribution in [0.5, 0.6) is 0 Å². The molecule has 1 rings (SSSR count). The number of hydrogen-bond donors (Lipinski definition) is 3. The van der Waals surface area contributed by atoms with Gasteiger partial charge in [0.2, 0.25) is 5.95 Å². The summed E-state index contributed by atoms with van der Waals surface area (Å²) in [6, 6.07) is 0. The molecule has 1 aromatic rings. The second-order valence-corrected chi connectivity index (χ2v) is 2.09. The molecule has 0 atom stereocenters. The normalized spacial score (nSPS) is 9.75. The van der Waals surface area contributed by atoms with E-state index < -0.39 is 5.56 Å². The predicted molar refractivity (Wildman–Crippen MR) is 44.0 cm³/mol. The second-order valence-electron chi connectivity index (χ2n) is 2.09. The van der Waals surface area contributed by atoms with Gasteiger partial charge < -0.3 is 16.9 Å². The summed E-state index contributed by atoms with van der Waals surface area (Å²) in [5, 5.41) is 9.77. The molecule has 0 aromatic carbocycles. The number of nitrogens with zero attached hydrogens (tertiary/aromatic N) is 3. The van der Waals surface area contributed by atoms with Crippen LogP contribution in [0, 0.1) is 0 Å². The molecule has 5 N–H and O–H groups in total. The lowest BCUT2D eigenvalue weighted by Gasteiger charge is -2.05. The summed E-state index contributed by atoms with van der Waals surface area (Å²) in [7, 11) is 0. The minimum absolute atomic E-state index is 0.216. The van der Waals surface area contributed by atoms with E-state index >= 15 is 0 Å². The van der Waals surface area contributed by atoms with Crippen molar-refractivity contribution in [1.29, 1.82) is 0 Å². The highest BCUT2D eigenvalue weighted by Gasteiger charge is 1.99. The van der Waals surface area contributed by atoms with Gasteiger partial charge in [-0.25, -0.2) is 0 Å². The first-order valence-corrected chi connectivity index (χ1v) is 3.39. The molecule has 7 heteroatoms. The standard InChI is InChI=1S/C5H10N6O/c6-1-2-8-5-10-9-3-4(12)11(5)7/h3H,1-2,6-7H2,(H,8,10). The average molecular weight is 170 g/mol. The van der Waals surface area contributed by atoms with E-state index in [0.29, 0.717) is 13.1 Å². The zero-order valence-electron chi connectivity index (χ0n) is 6.40. The lowest BCUT2D eigenvalue weighted by molar-refractivity contribution is 0.815. The fourth-order valence-electron chi connectivity index (χ4n) is 0.652. The van der Waals surface area contributed by atoms with Gasteiger partial charge >= 0.3 is 0 Å². The van der Waals surface area contributed by atoms with Crippen LogP contribution in [0.3, 0.4) is 0 Å². The Bertz CT molecular complexity index is 307. The molecule has 0 aliphatic heterocycles. The molecular weight excluding hydrogens is 160 g/mol. The highest BCUT2D eigenvalue weighted by atomic mass is 16.1. The third kappa shape index (κ3) is 1.70. The predicted octanol–water partition coefficient (Wildman–Crippen LogP) is -2.28. The summed E-state index contributed by atoms with van der Waals surface area (Å²) < 4.78 is 0.878. The van der Waals surface area contributed by atoms with Crippen molar-refractivity contribution in [2.75, 3.05) is 24.2 Å². The zero-order valence-corrected chi connectivity index (χ0v) is 6.40. The van der Waals surface area contributed by atoms with Crippen molar-refractivity contribution in [3.05, 3.63) is 16.6 Å². The van der Waals surface area contributed by atoms with Gasteiger partial charge in [-0.15, -0.1) is 10.2 Å². The minimum atomic E-state index is -0.412. The molecule has 0 unspecified atom stereocenters. The van der Waals surface area contributed by atoms with Crippen molar-refractivity contribution in [2.45, 2.75) is 0 Å². The van der Waals surface area contributed by atoms with Gasteiger partial charge in [0.05, 0.1) is 0 Å². The number of anilines is 1. The Kier molecular flexibility index (Phi) is 2.59. The summed E-state index contributed by atoms with van der Waals surface area (Å²) in [6.07, 6.45) is 1.04. The molecule has 0 bridgehead atoms. The van der Waals surface area contributed by atoms with Gasteiger partial charge in [-0.2, -0.15) is 4.68 Å². The highest BCUT2D eigenvalue weighted by Crippen LogP contribution is 1.89. The van der Waals surface area contributed by atoms with E-state index in [9.17, 15) is 4.79 Å². The first kappa shape index (κ1) is 8.47. The van der Waals surface area contributed by atoms with Crippen molar-refractivity contribution >= 4 is 5.95 Å². The summed E-state index contributed by atoms with van der Waals surface area (Å²) in [6.45, 7) is 0.931. The van der Waals surface area contributed by atoms with E-state index in [1.807, 2.05) is 0 Å². The number of rotatable bonds is 3. The molecule has 7 nitrogen and oxygen atoms in total. The topological polar surface area (TPSA) is 112 Å². The quantitative estimate of drug-likeness (QED) is 0.441. The van der Waals surface area contributed by atoms with E-state index in [1.54, 1.807) is 0 Å². The number of aromatic nitrogens is 3. The van der Waals surface area contributed by atoms with E-state index in [2.05, 4.69) is 15.5 Å². The first-order valence-electron chi connectivity index (χ1n) is 3.39. The van der Waals surface area contributed by atoms with Crippen molar-refractivity contribution < 1.29 is 0 Å². The monoisotopic (exact) mass is 170 g/mol. The SMILES string of the molecule is NCCNc1nncc(=O)n1N. The lowest BCUT2D eigenvalue weighted by atomic mass is 10.6. The minimum Gasteiger partial charge on any atom is -0.352 e. The lowest BCUT2D eigenvalue weighted by Crippen LogP contribution is -2.32. The van der Waals surface area contributed by atoms with E-state index in [0.717, 1.165) is 10.9 Å². The summed E-state index contributed by atoms with van der Waals surface area (Å²) in [5.41, 5.74) is 4.81. The summed E-state index contributed by atoms with van der Waals surface area (Å²) in [5.74, 6) is 5.54. The van der Waals surface area contributed by atoms with Crippen LogP contribution in [0.25, 0.3) is 0 Å². The highest BCUT2D eigenvalue weighted by molar-refractivity contribution is 5.22. The summed E-state index contributed by atoms with van der Waals surface area (Å²) >= 11 is 0. The molecule has 1 heterocycles. The molecule has 0 saturated heterocycles. The Morgan fingerprint density at radius 3 is 3.08 bits per heavy atom. The maximum Gasteiger partial charge on any atom is 0.292 e. The van der Waals surface area contributed by atoms with Crippen LogP contribution in [0.1, 0.15) is 0 Å². The molecule has 12 heavy (non-hydrogen) atoms. The molecule has 0 aliphatic carbocycles. The zero-order chi connectivity index (χ0) is 8.97. The third-order valence-electron chi connectivity index (χ3n) is 1.21. The summed E-state index contributed by atoms with van der Waals surface area (Å²) in [4.78, 5) is 10.9. The van der Waals surface area contributed by atoms with Crippen LogP contribution in [0.15, 0.2) is 11.0 Å². The number of nitrogen functional groups attached to an aromatic ring is 1. The Balaban J connectivity index is 2.85. The van der Waals surface area contributed by atoms with Gasteiger partial charge in [-0.05, 0) is 0 Å². The number of nitrogens with one attached hydrogen (secondary N) is 1. The van der Waals surface area contributed by atoms with Gasteiger partial charge in [0, 0.05) is 13.1 Å². The van der Waals surface area contributed by atoms with Gasteiger partial charge in [0.15, 0.2) is 0 Å². The number of nitrogens with two attached hydrogens (primary N) is 2. The van der Waals surface area contributed by atoms with Crippen LogP contribution in [-0.4, -0.2) is 28.0 Å². The Morgan fingerprint density at radius 1 is 1.67 bits per heavy atom. The van der Waals surface area contributed by atoms with Crippen LogP contribution < -0.4 is 22.5 Å². The molecule has 0 amide bonds. The van der Waals surface area contributed by atoms with Gasteiger partial charge in [0.1, 0.15) is 6.20 Å². The van der Waals surface area contributed by atoms with Crippen molar-refractivity contribution in [3.63, 3.8) is 0 Å². The van der Waals surface area contributed by atoms with Crippen LogP contribution in [0.2, 0.25) is 0 Å². The molecule has 1 aromatic heterocycles. The Labute approximate surface area is 68.4 Å². The van der Waals surface area contributed by atoms with Crippen LogP contribution >= 0.6 is 0 Å². The van der Waals surface area contributed by atoms with Crippen LogP contribution in [0.4, 0.5) is 5.95 Å².